The van der Waals surface area contributed by atoms with E-state index in [0.29, 0.717) is 5.76 Å². The highest BCUT2D eigenvalue weighted by molar-refractivity contribution is 6.11. The lowest BCUT2D eigenvalue weighted by molar-refractivity contribution is 0.0998. The molecule has 5 rings (SSSR count). The summed E-state index contributed by atoms with van der Waals surface area (Å²) in [7, 11) is 0. The first-order valence-corrected chi connectivity index (χ1v) is 10.8. The molecule has 4 nitrogen and oxygen atoms in total. The zero-order chi connectivity index (χ0) is 20.5. The monoisotopic (exact) mass is 398 g/mol. The first-order valence-electron chi connectivity index (χ1n) is 10.8. The summed E-state index contributed by atoms with van der Waals surface area (Å²) in [5.74, 6) is 0.160. The van der Waals surface area contributed by atoms with Crippen LogP contribution in [-0.2, 0) is 0 Å². The predicted molar refractivity (Wildman–Crippen MR) is 124 cm³/mol. The van der Waals surface area contributed by atoms with Crippen LogP contribution in [0.15, 0.2) is 65.1 Å². The van der Waals surface area contributed by atoms with Crippen LogP contribution in [0.2, 0.25) is 0 Å². The standard InChI is InChI=1S/C26H26N2O2/c1-18-22-15-10-19-8-4-5-9-23(19)25(22)30-24(18)26(29)27-20-11-13-21(14-12-20)28-16-6-2-3-7-17-28/h4-5,8-15H,2-3,6-7,16-17H2,1H3,(H,27,29). The van der Waals surface area contributed by atoms with Crippen molar-refractivity contribution in [1.82, 2.24) is 0 Å². The Morgan fingerprint density at radius 2 is 1.60 bits per heavy atom. The highest BCUT2D eigenvalue weighted by atomic mass is 16.3. The van der Waals surface area contributed by atoms with Gasteiger partial charge in [-0.1, -0.05) is 49.2 Å². The summed E-state index contributed by atoms with van der Waals surface area (Å²) >= 11 is 0. The van der Waals surface area contributed by atoms with Gasteiger partial charge in [-0.2, -0.15) is 0 Å². The smallest absolute Gasteiger partial charge is 0.291 e. The summed E-state index contributed by atoms with van der Waals surface area (Å²) in [6.45, 7) is 4.16. The average Bonchev–Trinajstić information content (AvgIpc) is 2.94. The molecular weight excluding hydrogens is 372 g/mol. The van der Waals surface area contributed by atoms with Crippen molar-refractivity contribution < 1.29 is 9.21 Å². The largest absolute Gasteiger partial charge is 0.450 e. The molecule has 0 saturated carbocycles. The van der Waals surface area contributed by atoms with Crippen molar-refractivity contribution in [2.24, 2.45) is 0 Å². The molecule has 1 saturated heterocycles. The third-order valence-corrected chi connectivity index (χ3v) is 6.13. The Balaban J connectivity index is 1.39. The first-order chi connectivity index (χ1) is 14.7. The second-order valence-electron chi connectivity index (χ2n) is 8.12. The van der Waals surface area contributed by atoms with Crippen molar-refractivity contribution in [3.05, 3.63) is 72.0 Å². The molecule has 0 spiro atoms. The van der Waals surface area contributed by atoms with Gasteiger partial charge in [-0.05, 0) is 49.4 Å². The van der Waals surface area contributed by atoms with Crippen LogP contribution in [-0.4, -0.2) is 19.0 Å². The SMILES string of the molecule is Cc1c(C(=O)Nc2ccc(N3CCCCCC3)cc2)oc2c1ccc1ccccc12. The number of aryl methyl sites for hydroxylation is 1. The van der Waals surface area contributed by atoms with Crippen molar-refractivity contribution in [2.45, 2.75) is 32.6 Å². The minimum absolute atomic E-state index is 0.213. The Kier molecular flexibility index (Phi) is 4.91. The van der Waals surface area contributed by atoms with E-state index in [-0.39, 0.29) is 5.91 Å². The number of rotatable bonds is 3. The maximum atomic E-state index is 13.0. The third kappa shape index (κ3) is 3.43. The number of carbonyl (C=O) groups is 1. The number of fused-ring (bicyclic) bond motifs is 3. The lowest BCUT2D eigenvalue weighted by atomic mass is 10.1. The van der Waals surface area contributed by atoms with Crippen molar-refractivity contribution in [3.8, 4) is 0 Å². The van der Waals surface area contributed by atoms with Crippen LogP contribution in [0.5, 0.6) is 0 Å². The van der Waals surface area contributed by atoms with Crippen molar-refractivity contribution >= 4 is 39.0 Å². The van der Waals surface area contributed by atoms with Gasteiger partial charge in [-0.15, -0.1) is 0 Å². The highest BCUT2D eigenvalue weighted by Gasteiger charge is 2.19. The fourth-order valence-electron chi connectivity index (χ4n) is 4.44. The van der Waals surface area contributed by atoms with Gasteiger partial charge in [0.2, 0.25) is 0 Å². The Hall–Kier alpha value is -3.27. The van der Waals surface area contributed by atoms with E-state index in [4.69, 9.17) is 4.42 Å². The summed E-state index contributed by atoms with van der Waals surface area (Å²) in [5.41, 5.74) is 3.64. The minimum atomic E-state index is -0.213. The average molecular weight is 399 g/mol. The Labute approximate surface area is 176 Å². The molecule has 0 aliphatic carbocycles. The molecule has 1 fully saturated rings. The molecule has 4 heteroatoms. The maximum Gasteiger partial charge on any atom is 0.291 e. The van der Waals surface area contributed by atoms with E-state index in [2.05, 4.69) is 34.5 Å². The number of anilines is 2. The van der Waals surface area contributed by atoms with Gasteiger partial charge in [-0.25, -0.2) is 0 Å². The van der Waals surface area contributed by atoms with Crippen molar-refractivity contribution in [1.29, 1.82) is 0 Å². The van der Waals surface area contributed by atoms with E-state index in [1.54, 1.807) is 0 Å². The topological polar surface area (TPSA) is 45.5 Å². The highest BCUT2D eigenvalue weighted by Crippen LogP contribution is 2.32. The summed E-state index contributed by atoms with van der Waals surface area (Å²) in [6.07, 6.45) is 5.13. The summed E-state index contributed by atoms with van der Waals surface area (Å²) in [5, 5.41) is 6.11. The van der Waals surface area contributed by atoms with Gasteiger partial charge in [0.15, 0.2) is 5.76 Å². The van der Waals surface area contributed by atoms with Gasteiger partial charge in [0.1, 0.15) is 5.58 Å². The predicted octanol–water partition coefficient (Wildman–Crippen LogP) is 6.53. The Morgan fingerprint density at radius 3 is 2.37 bits per heavy atom. The molecule has 4 aromatic rings. The molecule has 2 heterocycles. The van der Waals surface area contributed by atoms with Crippen LogP contribution >= 0.6 is 0 Å². The number of amides is 1. The molecule has 152 valence electrons. The molecule has 1 N–H and O–H groups in total. The van der Waals surface area contributed by atoms with E-state index in [9.17, 15) is 4.79 Å². The van der Waals surface area contributed by atoms with Crippen LogP contribution < -0.4 is 10.2 Å². The minimum Gasteiger partial charge on any atom is -0.450 e. The zero-order valence-electron chi connectivity index (χ0n) is 17.3. The van der Waals surface area contributed by atoms with E-state index >= 15 is 0 Å². The molecule has 1 aliphatic heterocycles. The molecule has 1 aliphatic rings. The third-order valence-electron chi connectivity index (χ3n) is 6.13. The van der Waals surface area contributed by atoms with Crippen molar-refractivity contribution in [3.63, 3.8) is 0 Å². The van der Waals surface area contributed by atoms with Gasteiger partial charge in [0.25, 0.3) is 5.91 Å². The number of carbonyl (C=O) groups excluding carboxylic acids is 1. The van der Waals surface area contributed by atoms with Gasteiger partial charge >= 0.3 is 0 Å². The molecule has 0 atom stereocenters. The lowest BCUT2D eigenvalue weighted by Gasteiger charge is -2.22. The van der Waals surface area contributed by atoms with Gasteiger partial charge in [0.05, 0.1) is 0 Å². The summed E-state index contributed by atoms with van der Waals surface area (Å²) < 4.78 is 6.06. The second-order valence-corrected chi connectivity index (χ2v) is 8.12. The fraction of sp³-hybridized carbons (Fsp3) is 0.269. The van der Waals surface area contributed by atoms with Gasteiger partial charge in [-0.3, -0.25) is 4.79 Å². The molecule has 1 amide bonds. The number of hydrogen-bond acceptors (Lipinski definition) is 3. The number of furan rings is 1. The Morgan fingerprint density at radius 1 is 0.867 bits per heavy atom. The number of nitrogens with one attached hydrogen (secondary N) is 1. The van der Waals surface area contributed by atoms with E-state index in [1.165, 1.54) is 31.4 Å². The second kappa shape index (κ2) is 7.86. The van der Waals surface area contributed by atoms with Crippen LogP contribution in [0.1, 0.15) is 41.8 Å². The number of hydrogen-bond donors (Lipinski definition) is 1. The summed E-state index contributed by atoms with van der Waals surface area (Å²) in [6, 6.07) is 20.3. The molecular formula is C26H26N2O2. The van der Waals surface area contributed by atoms with Crippen LogP contribution in [0.3, 0.4) is 0 Å². The number of benzene rings is 3. The number of nitrogens with zero attached hydrogens (tertiary/aromatic N) is 1. The van der Waals surface area contributed by atoms with E-state index in [1.807, 2.05) is 43.3 Å². The quantitative estimate of drug-likeness (QED) is 0.427. The zero-order valence-corrected chi connectivity index (χ0v) is 17.3. The first kappa shape index (κ1) is 18.7. The van der Waals surface area contributed by atoms with E-state index < -0.39 is 0 Å². The molecule has 3 aromatic carbocycles. The van der Waals surface area contributed by atoms with Crippen molar-refractivity contribution in [2.75, 3.05) is 23.3 Å². The molecule has 0 bridgehead atoms. The van der Waals surface area contributed by atoms with E-state index in [0.717, 1.165) is 46.1 Å². The van der Waals surface area contributed by atoms with Crippen LogP contribution in [0.4, 0.5) is 11.4 Å². The van der Waals surface area contributed by atoms with Gasteiger partial charge < -0.3 is 14.6 Å². The molecule has 1 aromatic heterocycles. The van der Waals surface area contributed by atoms with Crippen LogP contribution in [0.25, 0.3) is 21.7 Å². The van der Waals surface area contributed by atoms with Gasteiger partial charge in [0, 0.05) is 40.8 Å². The molecule has 30 heavy (non-hydrogen) atoms. The fourth-order valence-corrected chi connectivity index (χ4v) is 4.44. The normalized spacial score (nSPS) is 14.8. The Bertz CT molecular complexity index is 1200. The lowest BCUT2D eigenvalue weighted by Crippen LogP contribution is -2.23. The summed E-state index contributed by atoms with van der Waals surface area (Å²) in [4.78, 5) is 15.4. The molecule has 0 radical (unpaired) electrons. The molecule has 0 unspecified atom stereocenters. The van der Waals surface area contributed by atoms with Crippen LogP contribution in [0, 0.1) is 6.92 Å². The maximum absolute atomic E-state index is 13.0.